The molecule has 3 heterocycles. The first-order valence-electron chi connectivity index (χ1n) is 9.40. The minimum Gasteiger partial charge on any atom is -0.454 e. The predicted octanol–water partition coefficient (Wildman–Crippen LogP) is 2.53. The van der Waals surface area contributed by atoms with Crippen molar-refractivity contribution in [3.63, 3.8) is 0 Å². The number of primary amides is 1. The third-order valence-electron chi connectivity index (χ3n) is 4.98. The molecule has 2 aliphatic heterocycles. The molecule has 3 N–H and O–H groups in total. The van der Waals surface area contributed by atoms with Crippen LogP contribution in [0.4, 0.5) is 5.00 Å². The first-order valence-corrected chi connectivity index (χ1v) is 10.2. The lowest BCUT2D eigenvalue weighted by Crippen LogP contribution is -2.31. The summed E-state index contributed by atoms with van der Waals surface area (Å²) in [7, 11) is 0. The number of nitrogens with zero attached hydrogens (tertiary/aromatic N) is 1. The van der Waals surface area contributed by atoms with Crippen molar-refractivity contribution in [2.45, 2.75) is 32.7 Å². The molecule has 8 heteroatoms. The van der Waals surface area contributed by atoms with Gasteiger partial charge in [-0.3, -0.25) is 14.5 Å². The van der Waals surface area contributed by atoms with Crippen LogP contribution >= 0.6 is 11.3 Å². The van der Waals surface area contributed by atoms with Crippen LogP contribution in [-0.2, 0) is 24.2 Å². The van der Waals surface area contributed by atoms with Crippen molar-refractivity contribution in [2.24, 2.45) is 5.73 Å². The van der Waals surface area contributed by atoms with Crippen molar-refractivity contribution in [3.8, 4) is 11.5 Å². The first-order chi connectivity index (χ1) is 13.5. The maximum atomic E-state index is 12.6. The SMILES string of the molecule is CCCN1CCc2c(sc(NC(=O)Cc3ccc4c(c3)OCO4)c2C(N)=O)C1. The standard InChI is InChI=1S/C20H23N3O4S/c1-2-6-23-7-5-13-16(10-23)28-20(18(13)19(21)25)22-17(24)9-12-3-4-14-15(8-12)27-11-26-14/h3-4,8H,2,5-7,9-11H2,1H3,(H2,21,25)(H,22,24). The van der Waals surface area contributed by atoms with E-state index in [-0.39, 0.29) is 19.1 Å². The lowest BCUT2D eigenvalue weighted by atomic mass is 10.0. The Morgan fingerprint density at radius 1 is 1.29 bits per heavy atom. The highest BCUT2D eigenvalue weighted by atomic mass is 32.1. The van der Waals surface area contributed by atoms with Crippen LogP contribution < -0.4 is 20.5 Å². The third kappa shape index (κ3) is 3.70. The number of ether oxygens (including phenoxy) is 2. The zero-order chi connectivity index (χ0) is 19.7. The van der Waals surface area contributed by atoms with Crippen LogP contribution in [0.15, 0.2) is 18.2 Å². The number of anilines is 1. The van der Waals surface area contributed by atoms with Crippen molar-refractivity contribution in [2.75, 3.05) is 25.2 Å². The molecule has 7 nitrogen and oxygen atoms in total. The highest BCUT2D eigenvalue weighted by Gasteiger charge is 2.27. The number of rotatable bonds is 6. The normalized spacial score (nSPS) is 15.3. The van der Waals surface area contributed by atoms with Gasteiger partial charge in [0.15, 0.2) is 11.5 Å². The second-order valence-electron chi connectivity index (χ2n) is 7.01. The van der Waals surface area contributed by atoms with Gasteiger partial charge in [0.05, 0.1) is 12.0 Å². The third-order valence-corrected chi connectivity index (χ3v) is 6.11. The molecule has 148 valence electrons. The second-order valence-corrected chi connectivity index (χ2v) is 8.12. The van der Waals surface area contributed by atoms with Gasteiger partial charge in [-0.15, -0.1) is 11.3 Å². The number of thiophene rings is 1. The van der Waals surface area contributed by atoms with E-state index in [1.165, 1.54) is 11.3 Å². The molecule has 2 aromatic rings. The molecular weight excluding hydrogens is 378 g/mol. The highest BCUT2D eigenvalue weighted by molar-refractivity contribution is 7.17. The van der Waals surface area contributed by atoms with Crippen LogP contribution in [0.25, 0.3) is 0 Å². The Balaban J connectivity index is 1.51. The molecule has 0 bridgehead atoms. The number of carbonyl (C=O) groups excluding carboxylic acids is 2. The Labute approximate surface area is 167 Å². The van der Waals surface area contributed by atoms with Gasteiger partial charge in [0, 0.05) is 18.0 Å². The van der Waals surface area contributed by atoms with Crippen LogP contribution in [0.2, 0.25) is 0 Å². The van der Waals surface area contributed by atoms with E-state index in [1.54, 1.807) is 12.1 Å². The van der Waals surface area contributed by atoms with E-state index < -0.39 is 5.91 Å². The van der Waals surface area contributed by atoms with Gasteiger partial charge in [-0.2, -0.15) is 0 Å². The Morgan fingerprint density at radius 2 is 2.11 bits per heavy atom. The van der Waals surface area contributed by atoms with Crippen LogP contribution in [0.5, 0.6) is 11.5 Å². The van der Waals surface area contributed by atoms with E-state index in [0.29, 0.717) is 22.1 Å². The topological polar surface area (TPSA) is 93.9 Å². The molecule has 0 radical (unpaired) electrons. The molecule has 0 saturated carbocycles. The van der Waals surface area contributed by atoms with Crippen molar-refractivity contribution in [3.05, 3.63) is 39.8 Å². The summed E-state index contributed by atoms with van der Waals surface area (Å²) in [5.74, 6) is 0.652. The monoisotopic (exact) mass is 401 g/mol. The summed E-state index contributed by atoms with van der Waals surface area (Å²) < 4.78 is 10.6. The van der Waals surface area contributed by atoms with Crippen LogP contribution in [0, 0.1) is 0 Å². The fraction of sp³-hybridized carbons (Fsp3) is 0.400. The molecule has 2 amide bonds. The number of nitrogens with one attached hydrogen (secondary N) is 1. The molecule has 4 rings (SSSR count). The van der Waals surface area contributed by atoms with Gasteiger partial charge < -0.3 is 20.5 Å². The number of hydrogen-bond donors (Lipinski definition) is 2. The number of carbonyl (C=O) groups is 2. The molecule has 1 aromatic carbocycles. The van der Waals surface area contributed by atoms with Gasteiger partial charge in [0.25, 0.3) is 5.91 Å². The smallest absolute Gasteiger partial charge is 0.251 e. The quantitative estimate of drug-likeness (QED) is 0.776. The number of amides is 2. The summed E-state index contributed by atoms with van der Waals surface area (Å²) in [4.78, 5) is 28.1. The molecular formula is C20H23N3O4S. The van der Waals surface area contributed by atoms with Crippen LogP contribution in [0.3, 0.4) is 0 Å². The van der Waals surface area contributed by atoms with E-state index in [1.807, 2.05) is 6.07 Å². The second kappa shape index (κ2) is 7.81. The minimum absolute atomic E-state index is 0.180. The summed E-state index contributed by atoms with van der Waals surface area (Å²) >= 11 is 1.46. The number of fused-ring (bicyclic) bond motifs is 2. The Kier molecular flexibility index (Phi) is 5.23. The van der Waals surface area contributed by atoms with Gasteiger partial charge in [-0.1, -0.05) is 13.0 Å². The Hall–Kier alpha value is -2.58. The average molecular weight is 401 g/mol. The molecule has 0 atom stereocenters. The first kappa shape index (κ1) is 18.8. The zero-order valence-electron chi connectivity index (χ0n) is 15.7. The largest absolute Gasteiger partial charge is 0.454 e. The van der Waals surface area contributed by atoms with Crippen LogP contribution in [-0.4, -0.2) is 36.6 Å². The van der Waals surface area contributed by atoms with Crippen molar-refractivity contribution < 1.29 is 19.1 Å². The summed E-state index contributed by atoms with van der Waals surface area (Å²) in [6.07, 6.45) is 2.05. The number of hydrogen-bond acceptors (Lipinski definition) is 6. The molecule has 0 aliphatic carbocycles. The molecule has 0 spiro atoms. The van der Waals surface area contributed by atoms with E-state index in [9.17, 15) is 9.59 Å². The molecule has 0 saturated heterocycles. The molecule has 1 aromatic heterocycles. The van der Waals surface area contributed by atoms with Crippen molar-refractivity contribution in [1.82, 2.24) is 4.90 Å². The maximum Gasteiger partial charge on any atom is 0.251 e. The fourth-order valence-corrected chi connectivity index (χ4v) is 5.03. The summed E-state index contributed by atoms with van der Waals surface area (Å²) in [6, 6.07) is 5.44. The van der Waals surface area contributed by atoms with Gasteiger partial charge in [0.2, 0.25) is 12.7 Å². The van der Waals surface area contributed by atoms with Crippen molar-refractivity contribution >= 4 is 28.2 Å². The molecule has 0 fully saturated rings. The van der Waals surface area contributed by atoms with E-state index in [2.05, 4.69) is 17.1 Å². The summed E-state index contributed by atoms with van der Waals surface area (Å²) in [6.45, 7) is 5.08. The zero-order valence-corrected chi connectivity index (χ0v) is 16.6. The summed E-state index contributed by atoms with van der Waals surface area (Å²) in [5, 5.41) is 3.46. The lowest BCUT2D eigenvalue weighted by molar-refractivity contribution is -0.115. The predicted molar refractivity (Wildman–Crippen MR) is 107 cm³/mol. The lowest BCUT2D eigenvalue weighted by Gasteiger charge is -2.26. The van der Waals surface area contributed by atoms with E-state index in [4.69, 9.17) is 15.2 Å². The van der Waals surface area contributed by atoms with Gasteiger partial charge in [-0.25, -0.2) is 0 Å². The van der Waals surface area contributed by atoms with Crippen LogP contribution in [0.1, 0.15) is 39.7 Å². The Morgan fingerprint density at radius 3 is 2.89 bits per heavy atom. The van der Waals surface area contributed by atoms with Crippen molar-refractivity contribution in [1.29, 1.82) is 0 Å². The molecule has 28 heavy (non-hydrogen) atoms. The summed E-state index contributed by atoms with van der Waals surface area (Å²) in [5.41, 5.74) is 7.91. The average Bonchev–Trinajstić information content (AvgIpc) is 3.24. The number of nitrogens with two attached hydrogens (primary N) is 1. The fourth-order valence-electron chi connectivity index (χ4n) is 3.72. The minimum atomic E-state index is -0.486. The molecule has 0 unspecified atom stereocenters. The highest BCUT2D eigenvalue weighted by Crippen LogP contribution is 2.37. The molecule has 2 aliphatic rings. The Bertz CT molecular complexity index is 924. The maximum absolute atomic E-state index is 12.6. The van der Waals surface area contributed by atoms with Gasteiger partial charge >= 0.3 is 0 Å². The van der Waals surface area contributed by atoms with E-state index in [0.717, 1.165) is 48.5 Å². The van der Waals surface area contributed by atoms with Gasteiger partial charge in [-0.05, 0) is 42.6 Å². The number of benzene rings is 1. The van der Waals surface area contributed by atoms with Gasteiger partial charge in [0.1, 0.15) is 5.00 Å². The van der Waals surface area contributed by atoms with E-state index >= 15 is 0 Å².